The maximum Gasteiger partial charge on any atom is 0.243 e. The molecule has 0 unspecified atom stereocenters. The molecule has 3 aromatic carbocycles. The van der Waals surface area contributed by atoms with Crippen LogP contribution in [0.1, 0.15) is 0 Å². The van der Waals surface area contributed by atoms with Gasteiger partial charge in [-0.05, 0) is 36.4 Å². The summed E-state index contributed by atoms with van der Waals surface area (Å²) in [5.41, 5.74) is 6.67. The number of anilines is 2. The Kier molecular flexibility index (Phi) is 7.34. The summed E-state index contributed by atoms with van der Waals surface area (Å²) in [5.74, 6) is 0.950. The Morgan fingerprint density at radius 1 is 0.967 bits per heavy atom. The molecule has 0 aromatic heterocycles. The molecule has 0 radical (unpaired) electrons. The molecule has 6 nitrogen and oxygen atoms in total. The highest BCUT2D eigenvalue weighted by Crippen LogP contribution is 2.31. The van der Waals surface area contributed by atoms with Crippen LogP contribution < -0.4 is 20.7 Å². The van der Waals surface area contributed by atoms with Crippen molar-refractivity contribution in [1.29, 1.82) is 0 Å². The van der Waals surface area contributed by atoms with Gasteiger partial charge in [0, 0.05) is 11.9 Å². The van der Waals surface area contributed by atoms with E-state index in [9.17, 15) is 9.59 Å². The number of thioether (sulfide) groups is 1. The summed E-state index contributed by atoms with van der Waals surface area (Å²) in [6.45, 7) is 0.129. The van der Waals surface area contributed by atoms with Crippen LogP contribution in [0, 0.1) is 0 Å². The van der Waals surface area contributed by atoms with Crippen LogP contribution in [0.15, 0.2) is 83.8 Å². The molecule has 30 heavy (non-hydrogen) atoms. The number of likely N-dealkylation sites (N-methyl/N-ethyl adjacent to an activating group) is 1. The number of benzene rings is 3. The zero-order valence-corrected chi connectivity index (χ0v) is 17.4. The van der Waals surface area contributed by atoms with Crippen LogP contribution in [0.5, 0.6) is 11.5 Å². The second-order valence-electron chi connectivity index (χ2n) is 6.54. The Bertz CT molecular complexity index is 1010. The van der Waals surface area contributed by atoms with Gasteiger partial charge in [0.1, 0.15) is 5.75 Å². The number of amides is 2. The second kappa shape index (κ2) is 10.4. The van der Waals surface area contributed by atoms with E-state index < -0.39 is 5.91 Å². The molecule has 0 aliphatic heterocycles. The molecule has 2 amide bonds. The first-order valence-corrected chi connectivity index (χ1v) is 10.3. The number of rotatable bonds is 9. The van der Waals surface area contributed by atoms with Crippen molar-refractivity contribution in [3.8, 4) is 11.5 Å². The molecule has 0 heterocycles. The summed E-state index contributed by atoms with van der Waals surface area (Å²) in [7, 11) is 1.83. The summed E-state index contributed by atoms with van der Waals surface area (Å²) in [4.78, 5) is 26.3. The van der Waals surface area contributed by atoms with E-state index in [-0.39, 0.29) is 18.2 Å². The van der Waals surface area contributed by atoms with Gasteiger partial charge in [0.2, 0.25) is 11.8 Å². The van der Waals surface area contributed by atoms with Gasteiger partial charge in [-0.2, -0.15) is 0 Å². The first kappa shape index (κ1) is 21.3. The van der Waals surface area contributed by atoms with Crippen LogP contribution in [0.2, 0.25) is 0 Å². The van der Waals surface area contributed by atoms with Crippen LogP contribution in [-0.4, -0.2) is 31.2 Å². The van der Waals surface area contributed by atoms with Gasteiger partial charge >= 0.3 is 0 Å². The minimum atomic E-state index is -0.407. The molecule has 0 fully saturated rings. The number of hydrogen-bond acceptors (Lipinski definition) is 5. The smallest absolute Gasteiger partial charge is 0.243 e. The molecule has 154 valence electrons. The molecular formula is C23H23N3O3S. The van der Waals surface area contributed by atoms with Crippen molar-refractivity contribution in [1.82, 2.24) is 0 Å². The highest BCUT2D eigenvalue weighted by atomic mass is 32.2. The quantitative estimate of drug-likeness (QED) is 0.508. The Hall–Kier alpha value is -3.45. The largest absolute Gasteiger partial charge is 0.455 e. The molecule has 0 atom stereocenters. The number of nitrogens with two attached hydrogens (primary N) is 1. The molecule has 3 aromatic rings. The van der Waals surface area contributed by atoms with Crippen LogP contribution in [0.3, 0.4) is 0 Å². The van der Waals surface area contributed by atoms with Crippen molar-refractivity contribution in [2.45, 2.75) is 4.90 Å². The monoisotopic (exact) mass is 421 g/mol. The number of para-hydroxylation sites is 4. The van der Waals surface area contributed by atoms with E-state index in [2.05, 4.69) is 5.32 Å². The maximum absolute atomic E-state index is 12.7. The summed E-state index contributed by atoms with van der Waals surface area (Å²) < 4.78 is 5.98. The van der Waals surface area contributed by atoms with Crippen molar-refractivity contribution >= 4 is 35.0 Å². The van der Waals surface area contributed by atoms with E-state index in [1.807, 2.05) is 84.7 Å². The van der Waals surface area contributed by atoms with E-state index in [1.165, 1.54) is 11.8 Å². The van der Waals surface area contributed by atoms with Crippen LogP contribution in [0.25, 0.3) is 0 Å². The Labute approximate surface area is 180 Å². The first-order chi connectivity index (χ1) is 14.5. The predicted octanol–water partition coefficient (Wildman–Crippen LogP) is 4.13. The fourth-order valence-electron chi connectivity index (χ4n) is 2.81. The molecule has 0 bridgehead atoms. The lowest BCUT2D eigenvalue weighted by Gasteiger charge is -2.22. The summed E-state index contributed by atoms with van der Waals surface area (Å²) in [5, 5.41) is 2.91. The third-order valence-electron chi connectivity index (χ3n) is 4.16. The number of nitrogens with zero attached hydrogens (tertiary/aromatic N) is 1. The highest BCUT2D eigenvalue weighted by Gasteiger charge is 2.14. The summed E-state index contributed by atoms with van der Waals surface area (Å²) in [6, 6.07) is 24.4. The number of carbonyl (C=O) groups excluding carboxylic acids is 2. The molecule has 0 aliphatic carbocycles. The minimum absolute atomic E-state index is 0.129. The van der Waals surface area contributed by atoms with Crippen molar-refractivity contribution in [2.75, 3.05) is 29.6 Å². The van der Waals surface area contributed by atoms with E-state index in [0.717, 1.165) is 16.3 Å². The Morgan fingerprint density at radius 3 is 2.40 bits per heavy atom. The third kappa shape index (κ3) is 6.02. The second-order valence-corrected chi connectivity index (χ2v) is 7.56. The maximum atomic E-state index is 12.7. The number of primary amides is 1. The lowest BCUT2D eigenvalue weighted by atomic mass is 10.2. The number of nitrogens with one attached hydrogen (secondary N) is 1. The van der Waals surface area contributed by atoms with E-state index in [0.29, 0.717) is 11.4 Å². The zero-order valence-electron chi connectivity index (χ0n) is 16.6. The number of carbonyl (C=O) groups is 2. The molecule has 0 saturated carbocycles. The Morgan fingerprint density at radius 2 is 1.63 bits per heavy atom. The number of ether oxygens (including phenoxy) is 1. The van der Waals surface area contributed by atoms with Gasteiger partial charge < -0.3 is 20.7 Å². The molecule has 3 rings (SSSR count). The van der Waals surface area contributed by atoms with Crippen LogP contribution >= 0.6 is 11.8 Å². The molecule has 0 saturated heterocycles. The molecule has 3 N–H and O–H groups in total. The summed E-state index contributed by atoms with van der Waals surface area (Å²) >= 11 is 1.29. The first-order valence-electron chi connectivity index (χ1n) is 9.36. The van der Waals surface area contributed by atoms with Crippen molar-refractivity contribution in [3.63, 3.8) is 0 Å². The van der Waals surface area contributed by atoms with E-state index in [4.69, 9.17) is 10.5 Å². The standard InChI is InChI=1S/C23H23N3O3S/c1-26(19-12-6-7-13-20(19)29-17-9-3-2-4-10-17)15-23(28)25-18-11-5-8-14-21(18)30-16-22(24)27/h2-14H,15-16H2,1H3,(H2,24,27)(H,25,28). The van der Waals surface area contributed by atoms with Crippen LogP contribution in [0.4, 0.5) is 11.4 Å². The van der Waals surface area contributed by atoms with Gasteiger partial charge in [0.05, 0.1) is 23.7 Å². The number of hydrogen-bond donors (Lipinski definition) is 2. The lowest BCUT2D eigenvalue weighted by molar-refractivity contribution is -0.116. The average molecular weight is 422 g/mol. The molecular weight excluding hydrogens is 398 g/mol. The predicted molar refractivity (Wildman–Crippen MR) is 121 cm³/mol. The van der Waals surface area contributed by atoms with Gasteiger partial charge in [-0.1, -0.05) is 42.5 Å². The molecule has 0 aliphatic rings. The van der Waals surface area contributed by atoms with Gasteiger partial charge in [-0.25, -0.2) is 0 Å². The third-order valence-corrected chi connectivity index (χ3v) is 5.26. The lowest BCUT2D eigenvalue weighted by Crippen LogP contribution is -2.30. The SMILES string of the molecule is CN(CC(=O)Nc1ccccc1SCC(N)=O)c1ccccc1Oc1ccccc1. The minimum Gasteiger partial charge on any atom is -0.455 e. The highest BCUT2D eigenvalue weighted by molar-refractivity contribution is 8.00. The normalized spacial score (nSPS) is 10.3. The van der Waals surface area contributed by atoms with Crippen molar-refractivity contribution in [3.05, 3.63) is 78.9 Å². The molecule has 0 spiro atoms. The van der Waals surface area contributed by atoms with Gasteiger partial charge in [-0.3, -0.25) is 9.59 Å². The van der Waals surface area contributed by atoms with Gasteiger partial charge in [0.25, 0.3) is 0 Å². The van der Waals surface area contributed by atoms with Crippen molar-refractivity contribution < 1.29 is 14.3 Å². The fraction of sp³-hybridized carbons (Fsp3) is 0.130. The van der Waals surface area contributed by atoms with E-state index in [1.54, 1.807) is 6.07 Å². The van der Waals surface area contributed by atoms with Gasteiger partial charge in [0.15, 0.2) is 5.75 Å². The fourth-order valence-corrected chi connectivity index (χ4v) is 3.56. The van der Waals surface area contributed by atoms with Crippen LogP contribution in [-0.2, 0) is 9.59 Å². The Balaban J connectivity index is 1.68. The average Bonchev–Trinajstić information content (AvgIpc) is 2.74. The summed E-state index contributed by atoms with van der Waals surface area (Å²) in [6.07, 6.45) is 0. The topological polar surface area (TPSA) is 84.7 Å². The molecule has 7 heteroatoms. The van der Waals surface area contributed by atoms with Gasteiger partial charge in [-0.15, -0.1) is 11.8 Å². The van der Waals surface area contributed by atoms with E-state index >= 15 is 0 Å². The zero-order chi connectivity index (χ0) is 21.3. The van der Waals surface area contributed by atoms with Crippen molar-refractivity contribution in [2.24, 2.45) is 5.73 Å².